The normalized spacial score (nSPS) is 13.4. The van der Waals surface area contributed by atoms with Gasteiger partial charge in [-0.25, -0.2) is 0 Å². The second-order valence-corrected chi connectivity index (χ2v) is 17.9. The van der Waals surface area contributed by atoms with Crippen LogP contribution in [0.4, 0.5) is 0 Å². The number of fused-ring (bicyclic) bond motifs is 2. The van der Waals surface area contributed by atoms with Crippen LogP contribution in [0.25, 0.3) is 20.2 Å². The van der Waals surface area contributed by atoms with Crippen LogP contribution >= 0.6 is 22.7 Å². The van der Waals surface area contributed by atoms with Gasteiger partial charge in [-0.15, -0.1) is 35.5 Å². The maximum absolute atomic E-state index is 9.26. The number of hydrogen-bond donors (Lipinski definition) is 1. The molecule has 0 aliphatic heterocycles. The van der Waals surface area contributed by atoms with Gasteiger partial charge in [-0.05, 0) is 78.9 Å². The van der Waals surface area contributed by atoms with Crippen molar-refractivity contribution in [2.75, 3.05) is 0 Å². The van der Waals surface area contributed by atoms with Crippen molar-refractivity contribution >= 4 is 51.2 Å². The van der Waals surface area contributed by atoms with E-state index in [9.17, 15) is 5.11 Å². The first-order valence-electron chi connectivity index (χ1n) is 12.8. The Morgan fingerprint density at radius 3 is 1.76 bits per heavy atom. The zero-order valence-electron chi connectivity index (χ0n) is 22.6. The number of aliphatic hydroxyl groups is 1. The molecule has 4 aromatic rings. The molecule has 4 rings (SSSR count). The third-order valence-corrected chi connectivity index (χ3v) is 13.7. The van der Waals surface area contributed by atoms with Gasteiger partial charge in [0.2, 0.25) is 0 Å². The van der Waals surface area contributed by atoms with Crippen molar-refractivity contribution in [3.63, 3.8) is 0 Å². The van der Waals surface area contributed by atoms with Crippen LogP contribution in [0.5, 0.6) is 0 Å². The Labute approximate surface area is 231 Å². The number of hydrogen-bond acceptors (Lipinski definition) is 4. The fourth-order valence-corrected chi connectivity index (χ4v) is 7.07. The molecule has 5 heteroatoms. The Morgan fingerprint density at radius 2 is 1.32 bits per heavy atom. The summed E-state index contributed by atoms with van der Waals surface area (Å²) < 4.78 is 9.00. The predicted molar refractivity (Wildman–Crippen MR) is 166 cm³/mol. The van der Waals surface area contributed by atoms with Crippen LogP contribution in [0.1, 0.15) is 43.4 Å². The number of terminal acetylenes is 2. The standard InChI is InChI=1S/C19H26OSSi.C13H12OS/c1-7-16(20-22(5,6)19(2,3)4)12-13-17-14-15-10-8-9-11-18(15)21-17;1-2-11(14)7-8-12-9-10-5-3-4-6-13(10)15-12/h1,8-11,14,16H,12-13H2,2-6H3;1,3-6,9,11,14H,7-8H2. The Bertz CT molecular complexity index is 1310. The Kier molecular flexibility index (Phi) is 10.2. The number of thiophene rings is 2. The van der Waals surface area contributed by atoms with Crippen molar-refractivity contribution in [2.45, 2.75) is 76.8 Å². The summed E-state index contributed by atoms with van der Waals surface area (Å²) in [5, 5.41) is 12.1. The van der Waals surface area contributed by atoms with Crippen LogP contribution in [0.15, 0.2) is 60.7 Å². The Balaban J connectivity index is 0.000000220. The van der Waals surface area contributed by atoms with Crippen LogP contribution in [0, 0.1) is 24.7 Å². The molecular weight excluding hydrogens is 509 g/mol. The number of aliphatic hydroxyl groups excluding tert-OH is 1. The van der Waals surface area contributed by atoms with Crippen molar-refractivity contribution < 1.29 is 9.53 Å². The fraction of sp³-hybridized carbons (Fsp3) is 0.375. The van der Waals surface area contributed by atoms with Gasteiger partial charge in [-0.3, -0.25) is 0 Å². The minimum Gasteiger partial charge on any atom is -0.403 e. The molecule has 0 aliphatic rings. The van der Waals surface area contributed by atoms with Crippen LogP contribution in [0.3, 0.4) is 0 Å². The average Bonchev–Trinajstić information content (AvgIpc) is 3.48. The summed E-state index contributed by atoms with van der Waals surface area (Å²) >= 11 is 3.63. The molecule has 2 aromatic carbocycles. The summed E-state index contributed by atoms with van der Waals surface area (Å²) in [4.78, 5) is 2.67. The first kappa shape index (κ1) is 29.2. The quantitative estimate of drug-likeness (QED) is 0.177. The molecule has 0 amide bonds. The summed E-state index contributed by atoms with van der Waals surface area (Å²) in [5.41, 5.74) is 0. The van der Waals surface area contributed by atoms with Crippen LogP contribution in [0.2, 0.25) is 18.1 Å². The largest absolute Gasteiger partial charge is 0.403 e. The van der Waals surface area contributed by atoms with E-state index < -0.39 is 14.4 Å². The van der Waals surface area contributed by atoms with Crippen LogP contribution < -0.4 is 0 Å². The molecule has 2 nitrogen and oxygen atoms in total. The molecule has 0 bridgehead atoms. The zero-order valence-corrected chi connectivity index (χ0v) is 25.2. The molecule has 194 valence electrons. The van der Waals surface area contributed by atoms with Gasteiger partial charge in [-0.1, -0.05) is 69.0 Å². The van der Waals surface area contributed by atoms with E-state index in [2.05, 4.69) is 94.2 Å². The van der Waals surface area contributed by atoms with Crippen molar-refractivity contribution in [3.05, 3.63) is 70.4 Å². The lowest BCUT2D eigenvalue weighted by atomic mass is 10.1. The summed E-state index contributed by atoms with van der Waals surface area (Å²) in [7, 11) is -1.80. The van der Waals surface area contributed by atoms with E-state index >= 15 is 0 Å². The van der Waals surface area contributed by atoms with Crippen LogP contribution in [-0.2, 0) is 17.3 Å². The van der Waals surface area contributed by atoms with E-state index in [4.69, 9.17) is 17.3 Å². The SMILES string of the molecule is C#CC(CCc1cc2ccccc2s1)O[Si](C)(C)C(C)(C)C.C#CC(O)CCc1cc2ccccc2s1. The van der Waals surface area contributed by atoms with E-state index in [-0.39, 0.29) is 11.1 Å². The van der Waals surface area contributed by atoms with Gasteiger partial charge < -0.3 is 9.53 Å². The van der Waals surface area contributed by atoms with Gasteiger partial charge in [-0.2, -0.15) is 0 Å². The smallest absolute Gasteiger partial charge is 0.193 e. The van der Waals surface area contributed by atoms with Crippen molar-refractivity contribution in [1.29, 1.82) is 0 Å². The number of aryl methyl sites for hydroxylation is 2. The molecule has 37 heavy (non-hydrogen) atoms. The number of benzene rings is 2. The molecule has 0 saturated carbocycles. The summed E-state index contributed by atoms with van der Waals surface area (Å²) in [6, 6.07) is 21.3. The Morgan fingerprint density at radius 1 is 0.838 bits per heavy atom. The predicted octanol–water partition coefficient (Wildman–Crippen LogP) is 8.69. The highest BCUT2D eigenvalue weighted by Crippen LogP contribution is 2.38. The summed E-state index contributed by atoms with van der Waals surface area (Å²) in [6.07, 6.45) is 13.5. The van der Waals surface area contributed by atoms with Gasteiger partial charge in [0.25, 0.3) is 0 Å². The highest BCUT2D eigenvalue weighted by molar-refractivity contribution is 7.19. The van der Waals surface area contributed by atoms with E-state index in [1.165, 1.54) is 29.9 Å². The van der Waals surface area contributed by atoms with E-state index in [0.29, 0.717) is 6.42 Å². The molecule has 0 fully saturated rings. The van der Waals surface area contributed by atoms with E-state index in [1.807, 2.05) is 23.5 Å². The second-order valence-electron chi connectivity index (χ2n) is 10.8. The second kappa shape index (κ2) is 12.9. The minimum atomic E-state index is -1.80. The third-order valence-electron chi connectivity index (χ3n) is 6.89. The summed E-state index contributed by atoms with van der Waals surface area (Å²) in [6.45, 7) is 11.3. The average molecular weight is 547 g/mol. The van der Waals surface area contributed by atoms with Gasteiger partial charge >= 0.3 is 0 Å². The molecule has 2 aromatic heterocycles. The lowest BCUT2D eigenvalue weighted by molar-refractivity contribution is 0.223. The van der Waals surface area contributed by atoms with Crippen molar-refractivity contribution in [1.82, 2.24) is 0 Å². The third kappa shape index (κ3) is 8.30. The van der Waals surface area contributed by atoms with E-state index in [1.54, 1.807) is 11.3 Å². The monoisotopic (exact) mass is 546 g/mol. The maximum Gasteiger partial charge on any atom is 0.193 e. The lowest BCUT2D eigenvalue weighted by Gasteiger charge is -2.38. The van der Waals surface area contributed by atoms with E-state index in [0.717, 1.165) is 19.3 Å². The summed E-state index contributed by atoms with van der Waals surface area (Å²) in [5.74, 6) is 5.18. The lowest BCUT2D eigenvalue weighted by Crippen LogP contribution is -2.43. The molecular formula is C32H38O2S2Si. The minimum absolute atomic E-state index is 0.0777. The van der Waals surface area contributed by atoms with Gasteiger partial charge in [0, 0.05) is 19.2 Å². The molecule has 1 N–H and O–H groups in total. The topological polar surface area (TPSA) is 29.5 Å². The zero-order chi connectivity index (χ0) is 27.1. The van der Waals surface area contributed by atoms with Crippen molar-refractivity contribution in [2.24, 2.45) is 0 Å². The molecule has 2 unspecified atom stereocenters. The highest BCUT2D eigenvalue weighted by atomic mass is 32.1. The van der Waals surface area contributed by atoms with Gasteiger partial charge in [0.05, 0.1) is 0 Å². The highest BCUT2D eigenvalue weighted by Gasteiger charge is 2.38. The van der Waals surface area contributed by atoms with Crippen LogP contribution in [-0.4, -0.2) is 25.6 Å². The molecule has 0 saturated heterocycles. The molecule has 0 radical (unpaired) electrons. The molecule has 0 spiro atoms. The molecule has 2 heterocycles. The Hall–Kier alpha value is -2.38. The molecule has 0 aliphatic carbocycles. The van der Waals surface area contributed by atoms with Crippen molar-refractivity contribution in [3.8, 4) is 24.7 Å². The fourth-order valence-electron chi connectivity index (χ4n) is 3.66. The van der Waals surface area contributed by atoms with Gasteiger partial charge in [0.1, 0.15) is 12.2 Å². The first-order valence-corrected chi connectivity index (χ1v) is 17.3. The first-order chi connectivity index (χ1) is 17.5. The van der Waals surface area contributed by atoms with Gasteiger partial charge in [0.15, 0.2) is 8.32 Å². The maximum atomic E-state index is 9.26. The number of rotatable bonds is 8. The molecule has 2 atom stereocenters.